The second kappa shape index (κ2) is 6.74. The van der Waals surface area contributed by atoms with Gasteiger partial charge in [-0.25, -0.2) is 4.98 Å². The van der Waals surface area contributed by atoms with E-state index in [0.29, 0.717) is 10.8 Å². The third kappa shape index (κ3) is 5.70. The molecule has 0 saturated carbocycles. The zero-order valence-corrected chi connectivity index (χ0v) is 15.1. The maximum Gasteiger partial charge on any atom is 0.211 e. The molecule has 0 aliphatic heterocycles. The molecule has 1 aromatic carbocycles. The minimum absolute atomic E-state index is 0.0718. The van der Waals surface area contributed by atoms with Crippen molar-refractivity contribution in [3.63, 3.8) is 0 Å². The van der Waals surface area contributed by atoms with Crippen molar-refractivity contribution in [3.05, 3.63) is 42.0 Å². The molecule has 0 spiro atoms. The van der Waals surface area contributed by atoms with Crippen LogP contribution in [-0.2, 0) is 0 Å². The van der Waals surface area contributed by atoms with E-state index in [1.54, 1.807) is 6.07 Å². The lowest BCUT2D eigenvalue weighted by atomic mass is 9.74. The van der Waals surface area contributed by atoms with Crippen molar-refractivity contribution in [1.82, 2.24) is 4.98 Å². The summed E-state index contributed by atoms with van der Waals surface area (Å²) < 4.78 is 0. The van der Waals surface area contributed by atoms with Crippen LogP contribution in [0.1, 0.15) is 59.4 Å². The van der Waals surface area contributed by atoms with E-state index in [-0.39, 0.29) is 5.88 Å². The van der Waals surface area contributed by atoms with Crippen LogP contribution in [0.5, 0.6) is 5.88 Å². The number of nitrogens with zero attached hydrogens (tertiary/aromatic N) is 1. The summed E-state index contributed by atoms with van der Waals surface area (Å²) in [5, 5.41) is 10.5. The fraction of sp³-hybridized carbons (Fsp3) is 0.476. The molecule has 0 saturated heterocycles. The van der Waals surface area contributed by atoms with Gasteiger partial charge in [-0.2, -0.15) is 0 Å². The second-order valence-electron chi connectivity index (χ2n) is 8.46. The van der Waals surface area contributed by atoms with Gasteiger partial charge < -0.3 is 5.11 Å². The van der Waals surface area contributed by atoms with Crippen LogP contribution in [0.3, 0.4) is 0 Å². The van der Waals surface area contributed by atoms with Crippen LogP contribution in [0, 0.1) is 10.8 Å². The van der Waals surface area contributed by atoms with Gasteiger partial charge in [-0.3, -0.25) is 0 Å². The van der Waals surface area contributed by atoms with E-state index in [2.05, 4.69) is 57.8 Å². The maximum atomic E-state index is 9.49. The molecule has 1 aromatic heterocycles. The molecular formula is C21H29NO. The zero-order valence-electron chi connectivity index (χ0n) is 15.1. The van der Waals surface area contributed by atoms with E-state index < -0.39 is 0 Å². The summed E-state index contributed by atoms with van der Waals surface area (Å²) in [6.07, 6.45) is 7.89. The Hall–Kier alpha value is -1.83. The van der Waals surface area contributed by atoms with E-state index in [1.165, 1.54) is 12.8 Å². The molecule has 2 aromatic rings. The van der Waals surface area contributed by atoms with Gasteiger partial charge in [-0.15, -0.1) is 0 Å². The Morgan fingerprint density at radius 3 is 2.43 bits per heavy atom. The van der Waals surface area contributed by atoms with Crippen molar-refractivity contribution in [3.8, 4) is 5.88 Å². The summed E-state index contributed by atoms with van der Waals surface area (Å²) >= 11 is 0. The fourth-order valence-corrected chi connectivity index (χ4v) is 3.44. The highest BCUT2D eigenvalue weighted by Crippen LogP contribution is 2.36. The minimum Gasteiger partial charge on any atom is -0.493 e. The molecule has 0 amide bonds. The zero-order chi connectivity index (χ0) is 17.1. The maximum absolute atomic E-state index is 9.49. The van der Waals surface area contributed by atoms with Crippen LogP contribution >= 0.6 is 0 Å². The normalized spacial score (nSPS) is 13.1. The van der Waals surface area contributed by atoms with Gasteiger partial charge in [0.25, 0.3) is 0 Å². The Balaban J connectivity index is 1.98. The number of allylic oxidation sites excluding steroid dienone is 1. The van der Waals surface area contributed by atoms with Crippen molar-refractivity contribution >= 4 is 17.0 Å². The van der Waals surface area contributed by atoms with Crippen LogP contribution in [0.2, 0.25) is 0 Å². The van der Waals surface area contributed by atoms with Crippen molar-refractivity contribution in [2.45, 2.75) is 53.9 Å². The number of aromatic hydroxyl groups is 1. The largest absolute Gasteiger partial charge is 0.493 e. The monoisotopic (exact) mass is 311 g/mol. The van der Waals surface area contributed by atoms with Gasteiger partial charge in [0.05, 0.1) is 5.52 Å². The van der Waals surface area contributed by atoms with Crippen molar-refractivity contribution < 1.29 is 5.11 Å². The number of benzene rings is 1. The van der Waals surface area contributed by atoms with Gasteiger partial charge in [0.2, 0.25) is 5.88 Å². The summed E-state index contributed by atoms with van der Waals surface area (Å²) in [6, 6.07) is 9.67. The van der Waals surface area contributed by atoms with Crippen LogP contribution in [-0.4, -0.2) is 10.1 Å². The Morgan fingerprint density at radius 1 is 1.04 bits per heavy atom. The Morgan fingerprint density at radius 2 is 1.74 bits per heavy atom. The van der Waals surface area contributed by atoms with Crippen LogP contribution in [0.15, 0.2) is 36.4 Å². The lowest BCUT2D eigenvalue weighted by Gasteiger charge is -2.32. The molecule has 124 valence electrons. The summed E-state index contributed by atoms with van der Waals surface area (Å²) in [6.45, 7) is 11.6. The van der Waals surface area contributed by atoms with Gasteiger partial charge in [-0.1, -0.05) is 58.9 Å². The smallest absolute Gasteiger partial charge is 0.211 e. The Kier molecular flexibility index (Phi) is 5.13. The molecule has 0 aliphatic rings. The minimum atomic E-state index is 0.0718. The number of hydrogen-bond acceptors (Lipinski definition) is 2. The van der Waals surface area contributed by atoms with Gasteiger partial charge >= 0.3 is 0 Å². The molecular weight excluding hydrogens is 282 g/mol. The van der Waals surface area contributed by atoms with Crippen molar-refractivity contribution in [2.24, 2.45) is 10.8 Å². The van der Waals surface area contributed by atoms with E-state index in [1.807, 2.05) is 18.2 Å². The number of rotatable bonds is 5. The van der Waals surface area contributed by atoms with Crippen LogP contribution < -0.4 is 0 Å². The summed E-state index contributed by atoms with van der Waals surface area (Å²) in [5.41, 5.74) is 2.70. The third-order valence-electron chi connectivity index (χ3n) is 4.01. The molecule has 1 N–H and O–H groups in total. The molecule has 2 heteroatoms. The molecule has 23 heavy (non-hydrogen) atoms. The fourth-order valence-electron chi connectivity index (χ4n) is 3.44. The first-order valence-corrected chi connectivity index (χ1v) is 8.41. The standard InChI is InChI=1S/C21H29NO/c1-20(2,3)15-21(4,5)13-7-6-8-16-9-10-17-11-12-19(23)22-18(17)14-16/h6,8-12,14H,7,13,15H2,1-5H3,(H,22,23). The van der Waals surface area contributed by atoms with Crippen molar-refractivity contribution in [2.75, 3.05) is 0 Å². The van der Waals surface area contributed by atoms with E-state index >= 15 is 0 Å². The average Bonchev–Trinajstić information content (AvgIpc) is 2.40. The number of pyridine rings is 1. The summed E-state index contributed by atoms with van der Waals surface area (Å²) in [7, 11) is 0. The number of fused-ring (bicyclic) bond motifs is 1. The molecule has 0 atom stereocenters. The first-order valence-electron chi connectivity index (χ1n) is 8.41. The predicted molar refractivity (Wildman–Crippen MR) is 99.5 cm³/mol. The summed E-state index contributed by atoms with van der Waals surface area (Å²) in [5.74, 6) is 0.0718. The molecule has 0 aliphatic carbocycles. The molecule has 2 rings (SSSR count). The molecule has 0 radical (unpaired) electrons. The third-order valence-corrected chi connectivity index (χ3v) is 4.01. The molecule has 0 fully saturated rings. The highest BCUT2D eigenvalue weighted by atomic mass is 16.3. The number of hydrogen-bond donors (Lipinski definition) is 1. The Labute approximate surface area is 140 Å². The SMILES string of the molecule is CC(C)(C)CC(C)(C)CCC=Cc1ccc2ccc(O)nc2c1. The van der Waals surface area contributed by atoms with Crippen molar-refractivity contribution in [1.29, 1.82) is 0 Å². The average molecular weight is 311 g/mol. The van der Waals surface area contributed by atoms with Gasteiger partial charge in [0.1, 0.15) is 0 Å². The molecule has 0 bridgehead atoms. The van der Waals surface area contributed by atoms with E-state index in [0.717, 1.165) is 22.9 Å². The van der Waals surface area contributed by atoms with Crippen LogP contribution in [0.4, 0.5) is 0 Å². The lowest BCUT2D eigenvalue weighted by molar-refractivity contribution is 0.200. The predicted octanol–water partition coefficient (Wildman–Crippen LogP) is 6.20. The van der Waals surface area contributed by atoms with Gasteiger partial charge in [0, 0.05) is 11.5 Å². The lowest BCUT2D eigenvalue weighted by Crippen LogP contribution is -2.20. The van der Waals surface area contributed by atoms with E-state index in [4.69, 9.17) is 0 Å². The first-order chi connectivity index (χ1) is 10.6. The van der Waals surface area contributed by atoms with Crippen LogP contribution in [0.25, 0.3) is 17.0 Å². The molecule has 2 nitrogen and oxygen atoms in total. The first kappa shape index (κ1) is 17.5. The summed E-state index contributed by atoms with van der Waals surface area (Å²) in [4.78, 5) is 4.17. The Bertz CT molecular complexity index is 693. The molecule has 1 heterocycles. The highest BCUT2D eigenvalue weighted by Gasteiger charge is 2.24. The highest BCUT2D eigenvalue weighted by molar-refractivity contribution is 5.81. The van der Waals surface area contributed by atoms with Gasteiger partial charge in [-0.05, 0) is 47.8 Å². The quantitative estimate of drug-likeness (QED) is 0.713. The second-order valence-corrected chi connectivity index (χ2v) is 8.46. The topological polar surface area (TPSA) is 33.1 Å². The van der Waals surface area contributed by atoms with E-state index in [9.17, 15) is 5.11 Å². The van der Waals surface area contributed by atoms with Gasteiger partial charge in [0.15, 0.2) is 0 Å². The number of aromatic nitrogens is 1. The molecule has 0 unspecified atom stereocenters.